The van der Waals surface area contributed by atoms with E-state index >= 15 is 0 Å². The van der Waals surface area contributed by atoms with Gasteiger partial charge in [0.1, 0.15) is 40.8 Å². The van der Waals surface area contributed by atoms with Crippen LogP contribution in [0.15, 0.2) is 36.4 Å². The summed E-state index contributed by atoms with van der Waals surface area (Å²) in [6.45, 7) is 1.91. The van der Waals surface area contributed by atoms with E-state index in [0.29, 0.717) is 54.2 Å². The van der Waals surface area contributed by atoms with E-state index in [1.54, 1.807) is 35.2 Å². The minimum Gasteiger partial charge on any atom is -0.505 e. The minimum atomic E-state index is -1.26. The Kier molecular flexibility index (Phi) is 5.93. The number of pyridine rings is 1. The van der Waals surface area contributed by atoms with E-state index in [0.717, 1.165) is 0 Å². The summed E-state index contributed by atoms with van der Waals surface area (Å²) >= 11 is 0. The van der Waals surface area contributed by atoms with Crippen molar-refractivity contribution < 1.29 is 29.3 Å². The van der Waals surface area contributed by atoms with Crippen LogP contribution in [-0.2, 0) is 9.53 Å². The second-order valence-electron chi connectivity index (χ2n) is 7.84. The van der Waals surface area contributed by atoms with Crippen LogP contribution in [0.5, 0.6) is 17.2 Å². The first-order valence-electron chi connectivity index (χ1n) is 10.9. The molecule has 1 aliphatic rings. The number of nitriles is 1. The summed E-state index contributed by atoms with van der Waals surface area (Å²) in [6.07, 6.45) is 0. The highest BCUT2D eigenvalue weighted by Gasteiger charge is 2.20. The zero-order valence-corrected chi connectivity index (χ0v) is 18.7. The Morgan fingerprint density at radius 1 is 1.08 bits per heavy atom. The van der Waals surface area contributed by atoms with E-state index in [4.69, 9.17) is 14.6 Å². The number of ether oxygens (including phenoxy) is 2. The number of hydrogen-bond acceptors (Lipinski definition) is 10. The monoisotopic (exact) mass is 489 g/mol. The van der Waals surface area contributed by atoms with Gasteiger partial charge in [0, 0.05) is 16.8 Å². The van der Waals surface area contributed by atoms with Crippen molar-refractivity contribution in [1.82, 2.24) is 25.4 Å². The van der Waals surface area contributed by atoms with Crippen LogP contribution >= 0.6 is 0 Å². The maximum atomic E-state index is 12.3. The highest BCUT2D eigenvalue weighted by Crippen LogP contribution is 2.34. The van der Waals surface area contributed by atoms with E-state index in [-0.39, 0.29) is 11.1 Å². The Morgan fingerprint density at radius 3 is 2.56 bits per heavy atom. The molecule has 3 heterocycles. The third-order valence-corrected chi connectivity index (χ3v) is 5.49. The van der Waals surface area contributed by atoms with Crippen LogP contribution in [-0.4, -0.2) is 75.0 Å². The molecule has 13 heteroatoms. The number of rotatable bonds is 6. The van der Waals surface area contributed by atoms with E-state index in [9.17, 15) is 20.0 Å². The third-order valence-electron chi connectivity index (χ3n) is 5.49. The van der Waals surface area contributed by atoms with Crippen molar-refractivity contribution in [3.8, 4) is 23.3 Å². The molecule has 0 atom stereocenters. The fourth-order valence-corrected chi connectivity index (χ4v) is 3.77. The summed E-state index contributed by atoms with van der Waals surface area (Å²) in [5.41, 5.74) is 0.747. The molecule has 3 N–H and O–H groups in total. The summed E-state index contributed by atoms with van der Waals surface area (Å²) in [7, 11) is 0. The van der Waals surface area contributed by atoms with Gasteiger partial charge in [-0.05, 0) is 30.3 Å². The van der Waals surface area contributed by atoms with Gasteiger partial charge in [0.2, 0.25) is 0 Å². The number of morpholine rings is 1. The first-order valence-corrected chi connectivity index (χ1v) is 10.9. The molecule has 0 radical (unpaired) electrons. The Hall–Kier alpha value is -4.96. The van der Waals surface area contributed by atoms with E-state index in [2.05, 4.69) is 20.5 Å². The number of fused-ring (bicyclic) bond motifs is 2. The van der Waals surface area contributed by atoms with Gasteiger partial charge in [-0.25, -0.2) is 4.98 Å². The Labute approximate surface area is 203 Å². The number of aromatic nitrogens is 4. The number of hydrogen-bond donors (Lipinski definition) is 3. The molecule has 1 amide bonds. The predicted octanol–water partition coefficient (Wildman–Crippen LogP) is 1.13. The van der Waals surface area contributed by atoms with Crippen LogP contribution in [0.25, 0.3) is 21.8 Å². The standard InChI is InChI=1S/C23H19N7O6/c24-11-19-15-3-1-13(9-16(15)22(33)21(26-19)23(34)25-12-20(31)32)36-14-2-4-17-18(10-14)28-30(27-17)29-5-7-35-8-6-29/h1-4,9-10,33H,5-8,12H2,(H,25,34)(H,31,32). The van der Waals surface area contributed by atoms with Crippen molar-refractivity contribution in [2.75, 3.05) is 37.9 Å². The SMILES string of the molecule is N#Cc1nc(C(=O)NCC(=O)O)c(O)c2cc(Oc3ccc4nn(N5CCOCC5)nc4c3)ccc12. The molecule has 36 heavy (non-hydrogen) atoms. The normalized spacial score (nSPS) is 13.5. The maximum Gasteiger partial charge on any atom is 0.322 e. The van der Waals surface area contributed by atoms with Crippen LogP contribution in [0.3, 0.4) is 0 Å². The molecule has 0 aliphatic carbocycles. The molecule has 0 spiro atoms. The summed E-state index contributed by atoms with van der Waals surface area (Å²) in [5, 5.41) is 42.5. The molecule has 0 saturated carbocycles. The molecule has 13 nitrogen and oxygen atoms in total. The van der Waals surface area contributed by atoms with Crippen molar-refractivity contribution in [2.45, 2.75) is 0 Å². The van der Waals surface area contributed by atoms with E-state index < -0.39 is 29.9 Å². The van der Waals surface area contributed by atoms with Gasteiger partial charge < -0.3 is 25.0 Å². The van der Waals surface area contributed by atoms with Crippen molar-refractivity contribution in [2.24, 2.45) is 0 Å². The van der Waals surface area contributed by atoms with E-state index in [1.165, 1.54) is 6.07 Å². The van der Waals surface area contributed by atoms with Gasteiger partial charge in [-0.1, -0.05) is 4.91 Å². The number of carboxylic acids is 1. The van der Waals surface area contributed by atoms with Crippen LogP contribution in [0.4, 0.5) is 0 Å². The number of amides is 1. The Morgan fingerprint density at radius 2 is 1.81 bits per heavy atom. The van der Waals surface area contributed by atoms with Gasteiger partial charge in [-0.15, -0.1) is 10.2 Å². The highest BCUT2D eigenvalue weighted by molar-refractivity contribution is 6.04. The maximum absolute atomic E-state index is 12.3. The summed E-state index contributed by atoms with van der Waals surface area (Å²) in [5.74, 6) is -1.90. The molecule has 1 fully saturated rings. The number of carbonyl (C=O) groups is 2. The summed E-state index contributed by atoms with van der Waals surface area (Å²) < 4.78 is 11.3. The number of benzene rings is 2. The van der Waals surface area contributed by atoms with Gasteiger partial charge in [0.05, 0.1) is 26.3 Å². The van der Waals surface area contributed by atoms with Gasteiger partial charge in [0.25, 0.3) is 5.91 Å². The van der Waals surface area contributed by atoms with Crippen LogP contribution in [0.1, 0.15) is 16.2 Å². The average Bonchev–Trinajstić information content (AvgIpc) is 3.32. The molecular formula is C23H19N7O6. The first-order chi connectivity index (χ1) is 17.4. The molecule has 0 unspecified atom stereocenters. The van der Waals surface area contributed by atoms with Crippen LogP contribution < -0.4 is 15.1 Å². The number of aromatic hydroxyl groups is 1. The lowest BCUT2D eigenvalue weighted by molar-refractivity contribution is -0.135. The molecule has 182 valence electrons. The first kappa shape index (κ1) is 22.8. The zero-order valence-electron chi connectivity index (χ0n) is 18.7. The molecular weight excluding hydrogens is 470 g/mol. The van der Waals surface area contributed by atoms with Crippen molar-refractivity contribution >= 4 is 33.7 Å². The zero-order chi connectivity index (χ0) is 25.2. The van der Waals surface area contributed by atoms with Crippen LogP contribution in [0, 0.1) is 11.3 Å². The Bertz CT molecular complexity index is 1540. The van der Waals surface area contributed by atoms with Crippen molar-refractivity contribution in [1.29, 1.82) is 5.26 Å². The fourth-order valence-electron chi connectivity index (χ4n) is 3.77. The number of carboxylic acid groups (broad SMARTS) is 1. The van der Waals surface area contributed by atoms with Gasteiger partial charge >= 0.3 is 5.97 Å². The molecule has 0 bridgehead atoms. The fraction of sp³-hybridized carbons (Fsp3) is 0.217. The summed E-state index contributed by atoms with van der Waals surface area (Å²) in [4.78, 5) is 28.5. The topological polar surface area (TPSA) is 176 Å². The lowest BCUT2D eigenvalue weighted by Gasteiger charge is -2.26. The van der Waals surface area contributed by atoms with Gasteiger partial charge in [0.15, 0.2) is 11.4 Å². The smallest absolute Gasteiger partial charge is 0.322 e. The molecule has 2 aromatic heterocycles. The number of nitrogens with zero attached hydrogens (tertiary/aromatic N) is 6. The largest absolute Gasteiger partial charge is 0.505 e. The van der Waals surface area contributed by atoms with Crippen molar-refractivity contribution in [3.05, 3.63) is 47.8 Å². The van der Waals surface area contributed by atoms with Crippen molar-refractivity contribution in [3.63, 3.8) is 0 Å². The van der Waals surface area contributed by atoms with Gasteiger partial charge in [-0.3, -0.25) is 14.6 Å². The lowest BCUT2D eigenvalue weighted by atomic mass is 10.1. The molecule has 5 rings (SSSR count). The Balaban J connectivity index is 1.45. The number of nitrogens with one attached hydrogen (secondary N) is 1. The third kappa shape index (κ3) is 4.40. The molecule has 2 aromatic carbocycles. The average molecular weight is 489 g/mol. The van der Waals surface area contributed by atoms with Gasteiger partial charge in [-0.2, -0.15) is 5.26 Å². The second kappa shape index (κ2) is 9.35. The minimum absolute atomic E-state index is 0.101. The number of carbonyl (C=O) groups excluding carboxylic acids is 1. The summed E-state index contributed by atoms with van der Waals surface area (Å²) in [6, 6.07) is 11.7. The molecule has 1 aliphatic heterocycles. The quantitative estimate of drug-likeness (QED) is 0.354. The predicted molar refractivity (Wildman–Crippen MR) is 124 cm³/mol. The second-order valence-corrected chi connectivity index (χ2v) is 7.84. The molecule has 1 saturated heterocycles. The van der Waals surface area contributed by atoms with E-state index in [1.807, 2.05) is 11.1 Å². The number of aliphatic carboxylic acids is 1. The molecule has 4 aromatic rings. The van der Waals surface area contributed by atoms with Crippen LogP contribution in [0.2, 0.25) is 0 Å². The lowest BCUT2D eigenvalue weighted by Crippen LogP contribution is -2.45. The highest BCUT2D eigenvalue weighted by atomic mass is 16.5.